The largest absolute Gasteiger partial charge is 0.486 e. The SMILES string of the molecule is O=CCCc1ccc2c(c1Cl)OCCO2. The number of rotatable bonds is 3. The molecular formula is C11H11ClO3. The summed E-state index contributed by atoms with van der Waals surface area (Å²) in [5.74, 6) is 1.28. The summed E-state index contributed by atoms with van der Waals surface area (Å²) in [5, 5.41) is 0.564. The van der Waals surface area contributed by atoms with E-state index in [4.69, 9.17) is 21.1 Å². The third-order valence-electron chi connectivity index (χ3n) is 2.26. The number of carbonyl (C=O) groups is 1. The zero-order chi connectivity index (χ0) is 10.7. The number of hydrogen-bond donors (Lipinski definition) is 0. The minimum atomic E-state index is 0.472. The zero-order valence-electron chi connectivity index (χ0n) is 8.16. The van der Waals surface area contributed by atoms with Crippen LogP contribution in [0.5, 0.6) is 11.5 Å². The molecule has 4 heteroatoms. The number of benzene rings is 1. The van der Waals surface area contributed by atoms with Crippen molar-refractivity contribution in [2.45, 2.75) is 12.8 Å². The van der Waals surface area contributed by atoms with Crippen molar-refractivity contribution >= 4 is 17.9 Å². The summed E-state index contributed by atoms with van der Waals surface area (Å²) in [7, 11) is 0. The molecule has 2 rings (SSSR count). The van der Waals surface area contributed by atoms with E-state index in [2.05, 4.69) is 0 Å². The minimum Gasteiger partial charge on any atom is -0.486 e. The van der Waals surface area contributed by atoms with Gasteiger partial charge in [-0.2, -0.15) is 0 Å². The lowest BCUT2D eigenvalue weighted by Crippen LogP contribution is -2.16. The first kappa shape index (κ1) is 10.3. The van der Waals surface area contributed by atoms with Crippen LogP contribution in [0.15, 0.2) is 12.1 Å². The van der Waals surface area contributed by atoms with Crippen LogP contribution < -0.4 is 9.47 Å². The van der Waals surface area contributed by atoms with Crippen molar-refractivity contribution in [3.63, 3.8) is 0 Å². The molecule has 0 radical (unpaired) electrons. The van der Waals surface area contributed by atoms with Crippen molar-refractivity contribution in [3.8, 4) is 11.5 Å². The number of aryl methyl sites for hydroxylation is 1. The van der Waals surface area contributed by atoms with Crippen molar-refractivity contribution < 1.29 is 14.3 Å². The Bertz CT molecular complexity index is 376. The van der Waals surface area contributed by atoms with Gasteiger partial charge in [0.25, 0.3) is 0 Å². The van der Waals surface area contributed by atoms with Gasteiger partial charge < -0.3 is 14.3 Å². The quantitative estimate of drug-likeness (QED) is 0.742. The number of aldehydes is 1. The second kappa shape index (κ2) is 4.53. The fourth-order valence-electron chi connectivity index (χ4n) is 1.53. The first-order valence-electron chi connectivity index (χ1n) is 4.83. The number of ether oxygens (including phenoxy) is 2. The van der Waals surface area contributed by atoms with Crippen molar-refractivity contribution in [2.75, 3.05) is 13.2 Å². The topological polar surface area (TPSA) is 35.5 Å². The van der Waals surface area contributed by atoms with Crippen LogP contribution in [0.25, 0.3) is 0 Å². The highest BCUT2D eigenvalue weighted by atomic mass is 35.5. The average molecular weight is 227 g/mol. The highest BCUT2D eigenvalue weighted by molar-refractivity contribution is 6.33. The molecule has 1 aliphatic heterocycles. The van der Waals surface area contributed by atoms with E-state index in [9.17, 15) is 4.79 Å². The molecule has 0 aliphatic carbocycles. The van der Waals surface area contributed by atoms with Crippen molar-refractivity contribution in [3.05, 3.63) is 22.7 Å². The molecule has 0 unspecified atom stereocenters. The lowest BCUT2D eigenvalue weighted by Gasteiger charge is -2.20. The van der Waals surface area contributed by atoms with E-state index >= 15 is 0 Å². The summed E-state index contributed by atoms with van der Waals surface area (Å²) >= 11 is 6.14. The molecule has 0 bridgehead atoms. The van der Waals surface area contributed by atoms with Gasteiger partial charge in [0.2, 0.25) is 0 Å². The second-order valence-electron chi connectivity index (χ2n) is 3.27. The molecule has 0 N–H and O–H groups in total. The Morgan fingerprint density at radius 2 is 2.13 bits per heavy atom. The van der Waals surface area contributed by atoms with Gasteiger partial charge in [0, 0.05) is 6.42 Å². The molecule has 0 atom stereocenters. The maximum atomic E-state index is 10.3. The Labute approximate surface area is 92.9 Å². The molecule has 80 valence electrons. The second-order valence-corrected chi connectivity index (χ2v) is 3.65. The standard InChI is InChI=1S/C11H11ClO3/c12-10-8(2-1-5-13)3-4-9-11(10)15-7-6-14-9/h3-5H,1-2,6-7H2. The van der Waals surface area contributed by atoms with Crippen LogP contribution in [0.3, 0.4) is 0 Å². The Morgan fingerprint density at radius 3 is 2.93 bits per heavy atom. The summed E-state index contributed by atoms with van der Waals surface area (Å²) in [5.41, 5.74) is 0.924. The Hall–Kier alpha value is -1.22. The van der Waals surface area contributed by atoms with Gasteiger partial charge >= 0.3 is 0 Å². The van der Waals surface area contributed by atoms with Gasteiger partial charge in [-0.1, -0.05) is 17.7 Å². The van der Waals surface area contributed by atoms with E-state index in [1.165, 1.54) is 0 Å². The minimum absolute atomic E-state index is 0.472. The summed E-state index contributed by atoms with van der Waals surface area (Å²) in [6.07, 6.45) is 1.99. The van der Waals surface area contributed by atoms with E-state index < -0.39 is 0 Å². The van der Waals surface area contributed by atoms with Gasteiger partial charge in [-0.15, -0.1) is 0 Å². The normalized spacial score (nSPS) is 13.7. The molecule has 0 saturated heterocycles. The van der Waals surface area contributed by atoms with Crippen molar-refractivity contribution in [1.29, 1.82) is 0 Å². The van der Waals surface area contributed by atoms with Crippen LogP contribution in [0.2, 0.25) is 5.02 Å². The fraction of sp³-hybridized carbons (Fsp3) is 0.364. The first-order chi connectivity index (χ1) is 7.33. The van der Waals surface area contributed by atoms with Crippen LogP contribution in [0.1, 0.15) is 12.0 Å². The smallest absolute Gasteiger partial charge is 0.180 e. The highest BCUT2D eigenvalue weighted by Gasteiger charge is 2.17. The van der Waals surface area contributed by atoms with E-state index in [0.717, 1.165) is 11.8 Å². The summed E-state index contributed by atoms with van der Waals surface area (Å²) < 4.78 is 10.8. The molecule has 15 heavy (non-hydrogen) atoms. The van der Waals surface area contributed by atoms with Gasteiger partial charge in [-0.3, -0.25) is 0 Å². The molecule has 0 amide bonds. The zero-order valence-corrected chi connectivity index (χ0v) is 8.92. The summed E-state index contributed by atoms with van der Waals surface area (Å²) in [4.78, 5) is 10.3. The molecule has 0 spiro atoms. The van der Waals surface area contributed by atoms with E-state index in [-0.39, 0.29) is 0 Å². The van der Waals surface area contributed by atoms with Crippen LogP contribution in [-0.4, -0.2) is 19.5 Å². The predicted octanol–water partition coefficient (Wildman–Crippen LogP) is 2.24. The van der Waals surface area contributed by atoms with E-state index in [1.807, 2.05) is 12.1 Å². The fourth-order valence-corrected chi connectivity index (χ4v) is 1.84. The van der Waals surface area contributed by atoms with Crippen LogP contribution in [0.4, 0.5) is 0 Å². The summed E-state index contributed by atoms with van der Waals surface area (Å²) in [6.45, 7) is 1.07. The van der Waals surface area contributed by atoms with Gasteiger partial charge in [0.05, 0.1) is 5.02 Å². The molecule has 1 aromatic rings. The van der Waals surface area contributed by atoms with Gasteiger partial charge in [-0.25, -0.2) is 0 Å². The molecule has 0 fully saturated rings. The van der Waals surface area contributed by atoms with Crippen LogP contribution in [-0.2, 0) is 11.2 Å². The van der Waals surface area contributed by atoms with Crippen LogP contribution in [0, 0.1) is 0 Å². The Kier molecular flexibility index (Phi) is 3.11. The van der Waals surface area contributed by atoms with Crippen molar-refractivity contribution in [1.82, 2.24) is 0 Å². The number of fused-ring (bicyclic) bond motifs is 1. The Morgan fingerprint density at radius 1 is 1.33 bits per heavy atom. The molecule has 3 nitrogen and oxygen atoms in total. The molecular weight excluding hydrogens is 216 g/mol. The van der Waals surface area contributed by atoms with E-state index in [1.54, 1.807) is 0 Å². The average Bonchev–Trinajstić information content (AvgIpc) is 2.29. The third-order valence-corrected chi connectivity index (χ3v) is 2.67. The molecule has 1 aliphatic rings. The molecule has 1 aromatic carbocycles. The first-order valence-corrected chi connectivity index (χ1v) is 5.21. The lowest BCUT2D eigenvalue weighted by atomic mass is 10.1. The maximum Gasteiger partial charge on any atom is 0.180 e. The highest BCUT2D eigenvalue weighted by Crippen LogP contribution is 2.39. The van der Waals surface area contributed by atoms with Crippen molar-refractivity contribution in [2.24, 2.45) is 0 Å². The maximum absolute atomic E-state index is 10.3. The van der Waals surface area contributed by atoms with Gasteiger partial charge in [0.15, 0.2) is 11.5 Å². The third kappa shape index (κ3) is 2.07. The number of halogens is 1. The lowest BCUT2D eigenvalue weighted by molar-refractivity contribution is -0.107. The number of carbonyl (C=O) groups excluding carboxylic acids is 1. The Balaban J connectivity index is 2.30. The monoisotopic (exact) mass is 226 g/mol. The molecule has 0 aromatic heterocycles. The summed E-state index contributed by atoms with van der Waals surface area (Å²) in [6, 6.07) is 3.71. The van der Waals surface area contributed by atoms with Gasteiger partial charge in [0.1, 0.15) is 19.5 Å². The molecule has 0 saturated carbocycles. The van der Waals surface area contributed by atoms with E-state index in [0.29, 0.717) is 42.6 Å². The van der Waals surface area contributed by atoms with Gasteiger partial charge in [-0.05, 0) is 18.1 Å². The predicted molar refractivity (Wildman–Crippen MR) is 56.8 cm³/mol. The molecule has 1 heterocycles. The number of hydrogen-bond acceptors (Lipinski definition) is 3. The van der Waals surface area contributed by atoms with Crippen LogP contribution >= 0.6 is 11.6 Å².